The highest BCUT2D eigenvalue weighted by atomic mass is 16.4. The van der Waals surface area contributed by atoms with E-state index in [0.717, 1.165) is 0 Å². The molecule has 0 saturated heterocycles. The number of rotatable bonds is 5. The van der Waals surface area contributed by atoms with Gasteiger partial charge < -0.3 is 15.3 Å². The molecular formula is C30H42O7. The van der Waals surface area contributed by atoms with Crippen LogP contribution in [-0.2, 0) is 19.2 Å². The van der Waals surface area contributed by atoms with Crippen molar-refractivity contribution in [2.45, 2.75) is 99.2 Å². The van der Waals surface area contributed by atoms with Crippen molar-refractivity contribution in [3.05, 3.63) is 22.8 Å². The SMILES string of the molecule is CC(=C[C@@H](O)C[C@@H](C)[C@H]1CC(=O)[C@@]2(C)C3=C(C(=O)C[C@]12C)[C@@]1(C)CC[C@H](O)C(C)(C)[C@@H]1CC3=O)C(=O)O. The molecular weight excluding hydrogens is 472 g/mol. The molecule has 0 aromatic carbocycles. The Morgan fingerprint density at radius 2 is 1.68 bits per heavy atom. The number of carbonyl (C=O) groups excluding carboxylic acids is 3. The Hall–Kier alpha value is -2.12. The largest absolute Gasteiger partial charge is 0.478 e. The lowest BCUT2D eigenvalue weighted by Gasteiger charge is -2.60. The highest BCUT2D eigenvalue weighted by Crippen LogP contribution is 2.70. The number of Topliss-reactive ketones (excluding diaryl/α,β-unsaturated/α-hetero) is 3. The molecule has 2 saturated carbocycles. The Kier molecular flexibility index (Phi) is 6.56. The van der Waals surface area contributed by atoms with Crippen molar-refractivity contribution in [1.82, 2.24) is 0 Å². The molecule has 8 atom stereocenters. The molecule has 0 spiro atoms. The Balaban J connectivity index is 1.78. The maximum Gasteiger partial charge on any atom is 0.331 e. The Bertz CT molecular complexity index is 1130. The number of hydrogen-bond acceptors (Lipinski definition) is 6. The molecule has 4 aliphatic carbocycles. The summed E-state index contributed by atoms with van der Waals surface area (Å²) in [6.45, 7) is 13.1. The minimum absolute atomic E-state index is 0.0379. The molecule has 3 N–H and O–H groups in total. The fourth-order valence-corrected chi connectivity index (χ4v) is 8.80. The van der Waals surface area contributed by atoms with Crippen molar-refractivity contribution in [3.63, 3.8) is 0 Å². The van der Waals surface area contributed by atoms with Crippen LogP contribution in [0.3, 0.4) is 0 Å². The number of allylic oxidation sites excluding steroid dienone is 2. The van der Waals surface area contributed by atoms with Crippen LogP contribution in [0.25, 0.3) is 0 Å². The average molecular weight is 515 g/mol. The summed E-state index contributed by atoms with van der Waals surface area (Å²) < 4.78 is 0. The first kappa shape index (κ1) is 27.9. The summed E-state index contributed by atoms with van der Waals surface area (Å²) in [6, 6.07) is 0. The van der Waals surface area contributed by atoms with Crippen molar-refractivity contribution in [2.24, 2.45) is 39.4 Å². The van der Waals surface area contributed by atoms with E-state index < -0.39 is 39.8 Å². The number of carboxylic acid groups (broad SMARTS) is 1. The number of fused-ring (bicyclic) bond motifs is 4. The summed E-state index contributed by atoms with van der Waals surface area (Å²) in [7, 11) is 0. The molecule has 7 nitrogen and oxygen atoms in total. The van der Waals surface area contributed by atoms with Gasteiger partial charge in [-0.2, -0.15) is 0 Å². The van der Waals surface area contributed by atoms with Crippen LogP contribution in [-0.4, -0.2) is 50.8 Å². The van der Waals surface area contributed by atoms with Crippen LogP contribution < -0.4 is 0 Å². The van der Waals surface area contributed by atoms with Crippen molar-refractivity contribution in [2.75, 3.05) is 0 Å². The number of aliphatic carboxylic acids is 1. The summed E-state index contributed by atoms with van der Waals surface area (Å²) in [5.74, 6) is -1.95. The van der Waals surface area contributed by atoms with Crippen LogP contribution >= 0.6 is 0 Å². The normalized spacial score (nSPS) is 41.2. The molecule has 4 aliphatic rings. The van der Waals surface area contributed by atoms with E-state index in [1.54, 1.807) is 0 Å². The predicted molar refractivity (Wildman–Crippen MR) is 137 cm³/mol. The first-order valence-corrected chi connectivity index (χ1v) is 13.6. The van der Waals surface area contributed by atoms with Gasteiger partial charge in [0.25, 0.3) is 0 Å². The van der Waals surface area contributed by atoms with Crippen molar-refractivity contribution in [3.8, 4) is 0 Å². The fraction of sp³-hybridized carbons (Fsp3) is 0.733. The fourth-order valence-electron chi connectivity index (χ4n) is 8.80. The van der Waals surface area contributed by atoms with Gasteiger partial charge in [-0.1, -0.05) is 34.6 Å². The molecule has 0 bridgehead atoms. The van der Waals surface area contributed by atoms with Gasteiger partial charge in [0.15, 0.2) is 11.6 Å². The third-order valence-corrected chi connectivity index (χ3v) is 11.3. The summed E-state index contributed by atoms with van der Waals surface area (Å²) in [6.07, 6.45) is 1.75. The van der Waals surface area contributed by atoms with Gasteiger partial charge in [0.1, 0.15) is 5.78 Å². The number of ketones is 3. The van der Waals surface area contributed by atoms with Crippen molar-refractivity contribution in [1.29, 1.82) is 0 Å². The van der Waals surface area contributed by atoms with E-state index in [4.69, 9.17) is 5.11 Å². The highest BCUT2D eigenvalue weighted by molar-refractivity contribution is 6.16. The van der Waals surface area contributed by atoms with Gasteiger partial charge in [-0.15, -0.1) is 0 Å². The zero-order valence-corrected chi connectivity index (χ0v) is 23.2. The lowest BCUT2D eigenvalue weighted by Crippen LogP contribution is -2.59. The summed E-state index contributed by atoms with van der Waals surface area (Å²) in [4.78, 5) is 53.0. The van der Waals surface area contributed by atoms with Gasteiger partial charge in [-0.05, 0) is 67.8 Å². The molecule has 0 aromatic rings. The second-order valence-electron chi connectivity index (χ2n) is 13.5. The highest BCUT2D eigenvalue weighted by Gasteiger charge is 2.70. The second-order valence-corrected chi connectivity index (χ2v) is 13.5. The Morgan fingerprint density at radius 3 is 2.27 bits per heavy atom. The lowest BCUT2D eigenvalue weighted by molar-refractivity contribution is -0.145. The van der Waals surface area contributed by atoms with Gasteiger partial charge in [0, 0.05) is 41.4 Å². The smallest absolute Gasteiger partial charge is 0.331 e. The molecule has 0 heterocycles. The van der Waals surface area contributed by atoms with E-state index in [1.165, 1.54) is 13.0 Å². The topological polar surface area (TPSA) is 129 Å². The third-order valence-electron chi connectivity index (χ3n) is 11.3. The maximum atomic E-state index is 14.0. The van der Waals surface area contributed by atoms with Crippen LogP contribution in [0.2, 0.25) is 0 Å². The quantitative estimate of drug-likeness (QED) is 0.472. The number of hydrogen-bond donors (Lipinski definition) is 3. The van der Waals surface area contributed by atoms with E-state index in [9.17, 15) is 29.4 Å². The van der Waals surface area contributed by atoms with Gasteiger partial charge in [-0.3, -0.25) is 14.4 Å². The van der Waals surface area contributed by atoms with E-state index in [-0.39, 0.29) is 66.4 Å². The number of carboxylic acids is 1. The Morgan fingerprint density at radius 1 is 1.05 bits per heavy atom. The van der Waals surface area contributed by atoms with Gasteiger partial charge >= 0.3 is 5.97 Å². The van der Waals surface area contributed by atoms with Crippen LogP contribution in [0.15, 0.2) is 22.8 Å². The van der Waals surface area contributed by atoms with Crippen LogP contribution in [0.4, 0.5) is 0 Å². The Labute approximate surface area is 219 Å². The molecule has 2 fully saturated rings. The molecule has 37 heavy (non-hydrogen) atoms. The second kappa shape index (κ2) is 8.70. The minimum atomic E-state index is -1.10. The van der Waals surface area contributed by atoms with E-state index in [2.05, 4.69) is 0 Å². The van der Waals surface area contributed by atoms with Gasteiger partial charge in [-0.25, -0.2) is 4.79 Å². The maximum absolute atomic E-state index is 14.0. The predicted octanol–water partition coefficient (Wildman–Crippen LogP) is 4.05. The van der Waals surface area contributed by atoms with E-state index in [0.29, 0.717) is 24.0 Å². The standard InChI is InChI=1S/C30H42O7/c1-15(10-17(31)11-16(2)26(36)37)18-12-23(35)30(7)25-19(32)13-21-27(3,4)22(34)8-9-28(21,5)24(25)20(33)14-29(18,30)6/h11,15,17-18,21-22,31,34H,8-10,12-14H2,1-7H3,(H,36,37)/t15-,17+,18-,21+,22+,28+,29-,30+/m1/s1. The van der Waals surface area contributed by atoms with Crippen molar-refractivity contribution < 1.29 is 34.5 Å². The van der Waals surface area contributed by atoms with E-state index in [1.807, 2.05) is 41.5 Å². The number of aliphatic hydroxyl groups excluding tert-OH is 2. The lowest BCUT2D eigenvalue weighted by atomic mass is 9.42. The van der Waals surface area contributed by atoms with Gasteiger partial charge in [0.05, 0.1) is 17.6 Å². The molecule has 0 aromatic heterocycles. The third kappa shape index (κ3) is 3.75. The summed E-state index contributed by atoms with van der Waals surface area (Å²) in [5.41, 5.74) is -2.01. The monoisotopic (exact) mass is 514 g/mol. The van der Waals surface area contributed by atoms with Crippen LogP contribution in [0.1, 0.15) is 87.0 Å². The first-order valence-electron chi connectivity index (χ1n) is 13.6. The zero-order chi connectivity index (χ0) is 27.9. The minimum Gasteiger partial charge on any atom is -0.478 e. The summed E-state index contributed by atoms with van der Waals surface area (Å²) in [5, 5.41) is 30.4. The molecule has 0 amide bonds. The van der Waals surface area contributed by atoms with Gasteiger partial charge in [0.2, 0.25) is 0 Å². The molecule has 7 heteroatoms. The summed E-state index contributed by atoms with van der Waals surface area (Å²) >= 11 is 0. The molecule has 0 radical (unpaired) electrons. The zero-order valence-electron chi connectivity index (χ0n) is 23.2. The van der Waals surface area contributed by atoms with Crippen molar-refractivity contribution >= 4 is 23.3 Å². The molecule has 0 unspecified atom stereocenters. The van der Waals surface area contributed by atoms with Crippen LogP contribution in [0.5, 0.6) is 0 Å². The molecule has 204 valence electrons. The molecule has 0 aliphatic heterocycles. The molecule has 4 rings (SSSR count). The number of aliphatic hydroxyl groups is 2. The first-order chi connectivity index (χ1) is 16.9. The number of carbonyl (C=O) groups is 4. The average Bonchev–Trinajstić information content (AvgIpc) is 2.99. The van der Waals surface area contributed by atoms with Crippen LogP contribution in [0, 0.1) is 39.4 Å². The van der Waals surface area contributed by atoms with E-state index >= 15 is 0 Å².